The molecule has 1 atom stereocenters. The van der Waals surface area contributed by atoms with Crippen molar-refractivity contribution in [3.8, 4) is 0 Å². The van der Waals surface area contributed by atoms with Crippen molar-refractivity contribution in [3.05, 3.63) is 46.9 Å². The molecule has 0 bridgehead atoms. The van der Waals surface area contributed by atoms with E-state index in [1.54, 1.807) is 6.92 Å². The highest BCUT2D eigenvalue weighted by Crippen LogP contribution is 2.33. The second-order valence-corrected chi connectivity index (χ2v) is 9.30. The van der Waals surface area contributed by atoms with Crippen molar-refractivity contribution in [2.24, 2.45) is 0 Å². The fourth-order valence-corrected chi connectivity index (χ4v) is 5.45. The second kappa shape index (κ2) is 9.06. The van der Waals surface area contributed by atoms with Crippen LogP contribution in [0.2, 0.25) is 0 Å². The summed E-state index contributed by atoms with van der Waals surface area (Å²) in [4.78, 5) is 28.8. The van der Waals surface area contributed by atoms with Crippen molar-refractivity contribution in [3.63, 3.8) is 0 Å². The molecule has 1 aromatic heterocycles. The molecule has 2 aromatic rings. The molecule has 2 saturated heterocycles. The summed E-state index contributed by atoms with van der Waals surface area (Å²) in [7, 11) is 1.93. The van der Waals surface area contributed by atoms with Crippen LogP contribution in [0.15, 0.2) is 24.3 Å². The Morgan fingerprint density at radius 3 is 2.56 bits per heavy atom. The average molecular weight is 435 g/mol. The lowest BCUT2D eigenvalue weighted by Gasteiger charge is -2.30. The molecule has 3 aliphatic heterocycles. The molecule has 0 spiro atoms. The molecule has 0 radical (unpaired) electrons. The summed E-state index contributed by atoms with van der Waals surface area (Å²) in [6.45, 7) is 7.56. The lowest BCUT2D eigenvalue weighted by molar-refractivity contribution is -0.129. The monoisotopic (exact) mass is 434 g/mol. The predicted octanol–water partition coefficient (Wildman–Crippen LogP) is 3.36. The number of fused-ring (bicyclic) bond motifs is 1. The van der Waals surface area contributed by atoms with Gasteiger partial charge in [-0.25, -0.2) is 9.97 Å². The van der Waals surface area contributed by atoms with E-state index in [0.717, 1.165) is 62.8 Å². The van der Waals surface area contributed by atoms with Gasteiger partial charge in [0.15, 0.2) is 5.82 Å². The van der Waals surface area contributed by atoms with E-state index in [1.165, 1.54) is 42.7 Å². The number of hydrogen-bond donors (Lipinski definition) is 1. The zero-order valence-electron chi connectivity index (χ0n) is 19.3. The lowest BCUT2D eigenvalue weighted by Crippen LogP contribution is -2.33. The minimum Gasteiger partial charge on any atom is -0.373 e. The molecule has 1 aromatic carbocycles. The molecule has 0 saturated carbocycles. The zero-order chi connectivity index (χ0) is 22.1. The predicted molar refractivity (Wildman–Crippen MR) is 127 cm³/mol. The van der Waals surface area contributed by atoms with Gasteiger partial charge in [0.05, 0.1) is 11.7 Å². The van der Waals surface area contributed by atoms with Crippen molar-refractivity contribution in [1.29, 1.82) is 0 Å². The Morgan fingerprint density at radius 1 is 1.06 bits per heavy atom. The van der Waals surface area contributed by atoms with Crippen LogP contribution in [-0.2, 0) is 24.3 Å². The van der Waals surface area contributed by atoms with Gasteiger partial charge in [-0.2, -0.15) is 0 Å². The Kier molecular flexibility index (Phi) is 6.00. The zero-order valence-corrected chi connectivity index (χ0v) is 19.3. The number of hydrogen-bond acceptors (Lipinski definition) is 6. The number of amides is 1. The first-order chi connectivity index (χ1) is 15.6. The van der Waals surface area contributed by atoms with Crippen molar-refractivity contribution in [2.75, 3.05) is 43.4 Å². The minimum absolute atomic E-state index is 0.00147. The van der Waals surface area contributed by atoms with E-state index in [9.17, 15) is 4.79 Å². The molecule has 0 aliphatic carbocycles. The minimum atomic E-state index is -0.00147. The number of benzene rings is 1. The van der Waals surface area contributed by atoms with Gasteiger partial charge in [-0.05, 0) is 49.8 Å². The molecule has 170 valence electrons. The van der Waals surface area contributed by atoms with Gasteiger partial charge >= 0.3 is 0 Å². The number of carbonyl (C=O) groups excluding carboxylic acids is 1. The van der Waals surface area contributed by atoms with Crippen LogP contribution in [0.4, 0.5) is 11.5 Å². The summed E-state index contributed by atoms with van der Waals surface area (Å²) in [6, 6.07) is 9.09. The molecular weight excluding hydrogens is 400 g/mol. The average Bonchev–Trinajstić information content (AvgIpc) is 3.51. The first-order valence-corrected chi connectivity index (χ1v) is 12.0. The van der Waals surface area contributed by atoms with Crippen LogP contribution in [-0.4, -0.2) is 58.9 Å². The Morgan fingerprint density at radius 2 is 1.84 bits per heavy atom. The smallest absolute Gasteiger partial charge is 0.220 e. The third-order valence-corrected chi connectivity index (χ3v) is 7.17. The van der Waals surface area contributed by atoms with Gasteiger partial charge in [-0.15, -0.1) is 0 Å². The number of likely N-dealkylation sites (tertiary alicyclic amines) is 1. The first kappa shape index (κ1) is 21.2. The molecule has 32 heavy (non-hydrogen) atoms. The van der Waals surface area contributed by atoms with Gasteiger partial charge < -0.3 is 15.1 Å². The van der Waals surface area contributed by atoms with Gasteiger partial charge in [-0.3, -0.25) is 9.69 Å². The number of anilines is 2. The fraction of sp³-hybridized carbons (Fsp3) is 0.560. The van der Waals surface area contributed by atoms with Crippen molar-refractivity contribution >= 4 is 17.4 Å². The lowest BCUT2D eigenvalue weighted by atomic mass is 10.0. The van der Waals surface area contributed by atoms with Crippen molar-refractivity contribution in [2.45, 2.75) is 58.2 Å². The normalized spacial score (nSPS) is 21.1. The van der Waals surface area contributed by atoms with Crippen LogP contribution < -0.4 is 10.2 Å². The van der Waals surface area contributed by atoms with Gasteiger partial charge in [0.2, 0.25) is 5.91 Å². The van der Waals surface area contributed by atoms with Crippen LogP contribution in [0.1, 0.15) is 61.3 Å². The maximum atomic E-state index is 12.1. The summed E-state index contributed by atoms with van der Waals surface area (Å²) < 4.78 is 0. The van der Waals surface area contributed by atoms with Crippen molar-refractivity contribution < 1.29 is 4.79 Å². The molecule has 7 nitrogen and oxygen atoms in total. The molecule has 2 fully saturated rings. The van der Waals surface area contributed by atoms with Crippen molar-refractivity contribution in [1.82, 2.24) is 19.8 Å². The van der Waals surface area contributed by atoms with E-state index in [0.29, 0.717) is 0 Å². The second-order valence-electron chi connectivity index (χ2n) is 9.30. The molecule has 4 heterocycles. The Hall–Kier alpha value is -2.67. The molecule has 0 unspecified atom stereocenters. The molecule has 1 N–H and O–H groups in total. The standard InChI is InChI=1S/C25H34N6O/c1-18(32)31-14-5-6-23(31)25-27-22-17-29(15-11-21(22)24(26-2)28-25)16-19-7-9-20(10-8-19)30-12-3-4-13-30/h7-10,23H,3-6,11-17H2,1-2H3,(H,26,27,28)/t23-/m0/s1. The van der Waals surface area contributed by atoms with Gasteiger partial charge in [-0.1, -0.05) is 12.1 Å². The maximum absolute atomic E-state index is 12.1. The topological polar surface area (TPSA) is 64.6 Å². The van der Waals surface area contributed by atoms with Crippen LogP contribution in [0.25, 0.3) is 0 Å². The maximum Gasteiger partial charge on any atom is 0.220 e. The molecule has 5 rings (SSSR count). The third-order valence-electron chi connectivity index (χ3n) is 7.17. The number of aromatic nitrogens is 2. The van der Waals surface area contributed by atoms with Gasteiger partial charge in [0.1, 0.15) is 5.82 Å². The molecule has 3 aliphatic rings. The highest BCUT2D eigenvalue weighted by molar-refractivity contribution is 5.74. The summed E-state index contributed by atoms with van der Waals surface area (Å²) in [5, 5.41) is 3.28. The van der Waals surface area contributed by atoms with Crippen LogP contribution in [0.5, 0.6) is 0 Å². The Bertz CT molecular complexity index is 969. The van der Waals surface area contributed by atoms with E-state index in [2.05, 4.69) is 39.4 Å². The third kappa shape index (κ3) is 4.18. The summed E-state index contributed by atoms with van der Waals surface area (Å²) in [5.74, 6) is 1.83. The number of nitrogens with one attached hydrogen (secondary N) is 1. The Labute approximate surface area is 190 Å². The van der Waals surface area contributed by atoms with E-state index in [4.69, 9.17) is 9.97 Å². The van der Waals surface area contributed by atoms with Crippen LogP contribution in [0, 0.1) is 0 Å². The first-order valence-electron chi connectivity index (χ1n) is 12.0. The molecular formula is C25H34N6O. The van der Waals surface area contributed by atoms with E-state index in [-0.39, 0.29) is 11.9 Å². The van der Waals surface area contributed by atoms with E-state index < -0.39 is 0 Å². The van der Waals surface area contributed by atoms with Crippen LogP contribution in [0.3, 0.4) is 0 Å². The number of carbonyl (C=O) groups is 1. The highest BCUT2D eigenvalue weighted by atomic mass is 16.2. The SMILES string of the molecule is CNc1nc([C@@H]2CCCN2C(C)=O)nc2c1CCN(Cc1ccc(N3CCCC3)cc1)C2. The highest BCUT2D eigenvalue weighted by Gasteiger charge is 2.32. The largest absolute Gasteiger partial charge is 0.373 e. The van der Waals surface area contributed by atoms with Gasteiger partial charge in [0, 0.05) is 64.5 Å². The van der Waals surface area contributed by atoms with Crippen LogP contribution >= 0.6 is 0 Å². The summed E-state index contributed by atoms with van der Waals surface area (Å²) in [5.41, 5.74) is 5.02. The van der Waals surface area contributed by atoms with E-state index in [1.807, 2.05) is 11.9 Å². The Balaban J connectivity index is 1.32. The molecule has 1 amide bonds. The summed E-state index contributed by atoms with van der Waals surface area (Å²) >= 11 is 0. The fourth-order valence-electron chi connectivity index (χ4n) is 5.45. The quantitative estimate of drug-likeness (QED) is 0.779. The molecule has 7 heteroatoms. The van der Waals surface area contributed by atoms with Gasteiger partial charge in [0.25, 0.3) is 0 Å². The summed E-state index contributed by atoms with van der Waals surface area (Å²) in [6.07, 6.45) is 5.50. The van der Waals surface area contributed by atoms with E-state index >= 15 is 0 Å². The number of nitrogens with zero attached hydrogens (tertiary/aromatic N) is 5. The number of rotatable bonds is 5.